The summed E-state index contributed by atoms with van der Waals surface area (Å²) in [6.07, 6.45) is 5.16. The van der Waals surface area contributed by atoms with Crippen molar-refractivity contribution < 1.29 is 4.74 Å². The Morgan fingerprint density at radius 1 is 1.53 bits per heavy atom. The zero-order valence-corrected chi connectivity index (χ0v) is 9.15. The highest BCUT2D eigenvalue weighted by molar-refractivity contribution is 5.44. The van der Waals surface area contributed by atoms with Gasteiger partial charge in [-0.3, -0.25) is 4.98 Å². The molecule has 1 heterocycles. The molecular weight excluding hydrogens is 190 g/mol. The van der Waals surface area contributed by atoms with Crippen LogP contribution in [0.25, 0.3) is 0 Å². The van der Waals surface area contributed by atoms with Crippen LogP contribution in [-0.2, 0) is 11.2 Å². The van der Waals surface area contributed by atoms with E-state index in [4.69, 9.17) is 16.2 Å². The largest absolute Gasteiger partial charge is 0.398 e. The summed E-state index contributed by atoms with van der Waals surface area (Å²) in [6, 6.07) is 1.78. The van der Waals surface area contributed by atoms with Crippen molar-refractivity contribution in [2.75, 3.05) is 18.9 Å². The average molecular weight is 209 g/mol. The molecule has 0 saturated carbocycles. The number of hydrogen-bond donors (Lipinski definition) is 2. The highest BCUT2D eigenvalue weighted by Crippen LogP contribution is 2.10. The molecular formula is C11H19N3O. The lowest BCUT2D eigenvalue weighted by Gasteiger charge is -2.12. The van der Waals surface area contributed by atoms with E-state index in [1.165, 1.54) is 0 Å². The fourth-order valence-corrected chi connectivity index (χ4v) is 1.33. The van der Waals surface area contributed by atoms with E-state index in [9.17, 15) is 0 Å². The third-order valence-electron chi connectivity index (χ3n) is 2.10. The van der Waals surface area contributed by atoms with Crippen LogP contribution in [0.4, 0.5) is 5.69 Å². The van der Waals surface area contributed by atoms with Crippen molar-refractivity contribution in [1.82, 2.24) is 4.98 Å². The monoisotopic (exact) mass is 209 g/mol. The van der Waals surface area contributed by atoms with Crippen LogP contribution in [0.5, 0.6) is 0 Å². The molecule has 84 valence electrons. The standard InChI is InChI=1S/C11H19N3O/c1-2-5-15-8-10(12)6-9-7-14-4-3-11(9)13/h3-4,7,10H,2,5-6,8,12H2,1H3,(H2,13,14). The first kappa shape index (κ1) is 11.9. The number of pyridine rings is 1. The van der Waals surface area contributed by atoms with Crippen molar-refractivity contribution in [3.63, 3.8) is 0 Å². The lowest BCUT2D eigenvalue weighted by atomic mass is 10.1. The summed E-state index contributed by atoms with van der Waals surface area (Å²) >= 11 is 0. The molecule has 0 amide bonds. The van der Waals surface area contributed by atoms with Crippen LogP contribution in [0.2, 0.25) is 0 Å². The highest BCUT2D eigenvalue weighted by atomic mass is 16.5. The minimum Gasteiger partial charge on any atom is -0.398 e. The molecule has 0 fully saturated rings. The molecule has 0 saturated heterocycles. The lowest BCUT2D eigenvalue weighted by Crippen LogP contribution is -2.29. The van der Waals surface area contributed by atoms with Gasteiger partial charge in [-0.2, -0.15) is 0 Å². The summed E-state index contributed by atoms with van der Waals surface area (Å²) in [7, 11) is 0. The highest BCUT2D eigenvalue weighted by Gasteiger charge is 2.06. The summed E-state index contributed by atoms with van der Waals surface area (Å²) in [6.45, 7) is 3.41. The first-order valence-electron chi connectivity index (χ1n) is 5.25. The number of nitrogen functional groups attached to an aromatic ring is 1. The quantitative estimate of drug-likeness (QED) is 0.684. The molecule has 1 aromatic rings. The molecule has 1 aromatic heterocycles. The molecule has 0 spiro atoms. The maximum atomic E-state index is 5.91. The zero-order chi connectivity index (χ0) is 11.1. The van der Waals surface area contributed by atoms with E-state index in [1.807, 2.05) is 0 Å². The lowest BCUT2D eigenvalue weighted by molar-refractivity contribution is 0.121. The number of nitrogens with zero attached hydrogens (tertiary/aromatic N) is 1. The Kier molecular flexibility index (Phi) is 5.07. The molecule has 1 unspecified atom stereocenters. The average Bonchev–Trinajstić information content (AvgIpc) is 2.22. The van der Waals surface area contributed by atoms with Crippen molar-refractivity contribution in [3.05, 3.63) is 24.0 Å². The predicted molar refractivity (Wildman–Crippen MR) is 61.4 cm³/mol. The molecule has 4 heteroatoms. The third-order valence-corrected chi connectivity index (χ3v) is 2.10. The second-order valence-corrected chi connectivity index (χ2v) is 3.61. The van der Waals surface area contributed by atoms with Crippen LogP contribution in [0.1, 0.15) is 18.9 Å². The van der Waals surface area contributed by atoms with Gasteiger partial charge in [0, 0.05) is 30.7 Å². The van der Waals surface area contributed by atoms with Crippen LogP contribution in [0.3, 0.4) is 0 Å². The molecule has 0 aliphatic carbocycles. The van der Waals surface area contributed by atoms with E-state index in [1.54, 1.807) is 18.5 Å². The SMILES string of the molecule is CCCOCC(N)Cc1cnccc1N. The van der Waals surface area contributed by atoms with Gasteiger partial charge in [-0.25, -0.2) is 0 Å². The van der Waals surface area contributed by atoms with Gasteiger partial charge in [0.2, 0.25) is 0 Å². The Hall–Kier alpha value is -1.13. The van der Waals surface area contributed by atoms with E-state index < -0.39 is 0 Å². The third kappa shape index (κ3) is 4.27. The van der Waals surface area contributed by atoms with Crippen molar-refractivity contribution >= 4 is 5.69 Å². The Morgan fingerprint density at radius 3 is 3.00 bits per heavy atom. The van der Waals surface area contributed by atoms with Crippen molar-refractivity contribution in [2.45, 2.75) is 25.8 Å². The minimum absolute atomic E-state index is 0.0111. The van der Waals surface area contributed by atoms with Crippen LogP contribution in [0, 0.1) is 0 Å². The zero-order valence-electron chi connectivity index (χ0n) is 9.15. The summed E-state index contributed by atoms with van der Waals surface area (Å²) in [5.41, 5.74) is 13.4. The van der Waals surface area contributed by atoms with Gasteiger partial charge < -0.3 is 16.2 Å². The van der Waals surface area contributed by atoms with Gasteiger partial charge in [-0.05, 0) is 24.5 Å². The molecule has 4 N–H and O–H groups in total. The predicted octanol–water partition coefficient (Wildman–Crippen LogP) is 0.960. The van der Waals surface area contributed by atoms with Crippen LogP contribution < -0.4 is 11.5 Å². The molecule has 0 aliphatic rings. The molecule has 0 aliphatic heterocycles. The van der Waals surface area contributed by atoms with Gasteiger partial charge >= 0.3 is 0 Å². The van der Waals surface area contributed by atoms with Gasteiger partial charge in [-0.1, -0.05) is 6.92 Å². The maximum Gasteiger partial charge on any atom is 0.0620 e. The second kappa shape index (κ2) is 6.37. The van der Waals surface area contributed by atoms with E-state index in [2.05, 4.69) is 11.9 Å². The van der Waals surface area contributed by atoms with Gasteiger partial charge in [-0.15, -0.1) is 0 Å². The molecule has 0 bridgehead atoms. The van der Waals surface area contributed by atoms with Crippen LogP contribution in [0.15, 0.2) is 18.5 Å². The van der Waals surface area contributed by atoms with Crippen molar-refractivity contribution in [1.29, 1.82) is 0 Å². The molecule has 0 aromatic carbocycles. The van der Waals surface area contributed by atoms with E-state index in [0.29, 0.717) is 13.0 Å². The normalized spacial score (nSPS) is 12.7. The number of anilines is 1. The molecule has 1 atom stereocenters. The smallest absolute Gasteiger partial charge is 0.0620 e. The van der Waals surface area contributed by atoms with Crippen molar-refractivity contribution in [3.8, 4) is 0 Å². The Balaban J connectivity index is 2.37. The first-order valence-corrected chi connectivity index (χ1v) is 5.25. The minimum atomic E-state index is -0.0111. The second-order valence-electron chi connectivity index (χ2n) is 3.61. The number of rotatable bonds is 6. The van der Waals surface area contributed by atoms with E-state index in [-0.39, 0.29) is 6.04 Å². The summed E-state index contributed by atoms with van der Waals surface area (Å²) in [4.78, 5) is 4.02. The topological polar surface area (TPSA) is 74.2 Å². The summed E-state index contributed by atoms with van der Waals surface area (Å²) in [5.74, 6) is 0. The Morgan fingerprint density at radius 2 is 2.33 bits per heavy atom. The Bertz CT molecular complexity index is 291. The number of hydrogen-bond acceptors (Lipinski definition) is 4. The number of nitrogens with two attached hydrogens (primary N) is 2. The van der Waals surface area contributed by atoms with Crippen LogP contribution in [-0.4, -0.2) is 24.2 Å². The van der Waals surface area contributed by atoms with Gasteiger partial charge in [0.1, 0.15) is 0 Å². The fourth-order valence-electron chi connectivity index (χ4n) is 1.33. The number of aromatic nitrogens is 1. The van der Waals surface area contributed by atoms with Gasteiger partial charge in [0.15, 0.2) is 0 Å². The van der Waals surface area contributed by atoms with E-state index >= 15 is 0 Å². The maximum absolute atomic E-state index is 5.91. The molecule has 0 radical (unpaired) electrons. The fraction of sp³-hybridized carbons (Fsp3) is 0.545. The van der Waals surface area contributed by atoms with Crippen LogP contribution >= 0.6 is 0 Å². The first-order chi connectivity index (χ1) is 7.24. The van der Waals surface area contributed by atoms with Gasteiger partial charge in [0.05, 0.1) is 6.61 Å². The van der Waals surface area contributed by atoms with Crippen molar-refractivity contribution in [2.24, 2.45) is 5.73 Å². The molecule has 1 rings (SSSR count). The Labute approximate surface area is 90.6 Å². The molecule has 15 heavy (non-hydrogen) atoms. The summed E-state index contributed by atoms with van der Waals surface area (Å²) in [5, 5.41) is 0. The summed E-state index contributed by atoms with van der Waals surface area (Å²) < 4.78 is 5.37. The van der Waals surface area contributed by atoms with Gasteiger partial charge in [0.25, 0.3) is 0 Å². The van der Waals surface area contributed by atoms with E-state index in [0.717, 1.165) is 24.3 Å². The number of ether oxygens (including phenoxy) is 1. The molecule has 4 nitrogen and oxygen atoms in total.